The monoisotopic (exact) mass is 473 g/mol. The molecule has 10 heteroatoms. The van der Waals surface area contributed by atoms with Crippen molar-refractivity contribution in [1.29, 1.82) is 0 Å². The summed E-state index contributed by atoms with van der Waals surface area (Å²) in [5.41, 5.74) is 0.328. The van der Waals surface area contributed by atoms with Gasteiger partial charge in [0.2, 0.25) is 0 Å². The molecule has 3 N–H and O–H groups in total. The van der Waals surface area contributed by atoms with Crippen molar-refractivity contribution in [2.45, 2.75) is 58.0 Å². The zero-order valence-electron chi connectivity index (χ0n) is 18.1. The second kappa shape index (κ2) is 11.3. The van der Waals surface area contributed by atoms with E-state index in [1.807, 2.05) is 12.3 Å². The molecular formula is C22H30F3N3O3S. The number of ether oxygens (including phenoxy) is 1. The first-order valence-electron chi connectivity index (χ1n) is 10.9. The third kappa shape index (κ3) is 7.06. The second-order valence-corrected chi connectivity index (χ2v) is 8.92. The van der Waals surface area contributed by atoms with Gasteiger partial charge in [-0.3, -0.25) is 4.90 Å². The van der Waals surface area contributed by atoms with Crippen molar-refractivity contribution in [3.63, 3.8) is 0 Å². The zero-order chi connectivity index (χ0) is 23.1. The highest BCUT2D eigenvalue weighted by Crippen LogP contribution is 2.38. The molecule has 0 saturated carbocycles. The van der Waals surface area contributed by atoms with Gasteiger partial charge in [0.1, 0.15) is 5.75 Å². The Morgan fingerprint density at radius 2 is 2.00 bits per heavy atom. The number of aromatic nitrogens is 1. The quantitative estimate of drug-likeness (QED) is 0.333. The van der Waals surface area contributed by atoms with E-state index in [4.69, 9.17) is 4.74 Å². The Balaban J connectivity index is 1.60. The molecule has 6 nitrogen and oxygen atoms in total. The number of aliphatic hydroxyl groups excluding tert-OH is 1. The lowest BCUT2D eigenvalue weighted by molar-refractivity contribution is -0.138. The normalized spacial score (nSPS) is 16.0. The van der Waals surface area contributed by atoms with Crippen molar-refractivity contribution < 1.29 is 28.1 Å². The van der Waals surface area contributed by atoms with Gasteiger partial charge < -0.3 is 20.3 Å². The molecule has 1 fully saturated rings. The van der Waals surface area contributed by atoms with Crippen LogP contribution in [0.15, 0.2) is 23.6 Å². The zero-order valence-corrected chi connectivity index (χ0v) is 18.9. The average molecular weight is 474 g/mol. The molecule has 1 aliphatic heterocycles. The van der Waals surface area contributed by atoms with Gasteiger partial charge in [-0.2, -0.15) is 13.2 Å². The molecule has 2 aromatic rings. The smallest absolute Gasteiger partial charge is 0.420 e. The van der Waals surface area contributed by atoms with Crippen LogP contribution in [-0.2, 0) is 12.7 Å². The number of nitrogens with zero attached hydrogens (tertiary/aromatic N) is 2. The maximum atomic E-state index is 13.5. The average Bonchev–Trinajstić information content (AvgIpc) is 3.18. The number of likely N-dealkylation sites (tertiary alicyclic amines) is 1. The van der Waals surface area contributed by atoms with Crippen molar-refractivity contribution in [3.05, 3.63) is 34.8 Å². The summed E-state index contributed by atoms with van der Waals surface area (Å²) in [5, 5.41) is 23.9. The van der Waals surface area contributed by atoms with E-state index in [-0.39, 0.29) is 18.3 Å². The van der Waals surface area contributed by atoms with Crippen molar-refractivity contribution in [2.24, 2.45) is 5.92 Å². The molecule has 2 heterocycles. The van der Waals surface area contributed by atoms with Crippen LogP contribution in [0, 0.1) is 5.92 Å². The SMILES string of the molecule is CCCCCOc1ccc(Nc2nc(CN3CCC(C(O)O)CC3)cs2)cc1C(F)(F)F. The molecule has 0 aliphatic carbocycles. The van der Waals surface area contributed by atoms with Crippen LogP contribution in [0.2, 0.25) is 0 Å². The van der Waals surface area contributed by atoms with Gasteiger partial charge in [0.25, 0.3) is 0 Å². The lowest BCUT2D eigenvalue weighted by atomic mass is 9.96. The number of anilines is 2. The number of hydrogen-bond donors (Lipinski definition) is 3. The Morgan fingerprint density at radius 3 is 2.66 bits per heavy atom. The molecule has 1 aromatic carbocycles. The highest BCUT2D eigenvalue weighted by molar-refractivity contribution is 7.13. The number of thiazole rings is 1. The van der Waals surface area contributed by atoms with Crippen molar-refractivity contribution in [3.8, 4) is 5.75 Å². The Hall–Kier alpha value is -1.88. The summed E-state index contributed by atoms with van der Waals surface area (Å²) in [6.07, 6.45) is -1.77. The number of unbranched alkanes of at least 4 members (excludes halogenated alkanes) is 2. The Kier molecular flexibility index (Phi) is 8.75. The molecule has 0 radical (unpaired) electrons. The van der Waals surface area contributed by atoms with Crippen molar-refractivity contribution >= 4 is 22.2 Å². The van der Waals surface area contributed by atoms with E-state index in [1.54, 1.807) is 6.07 Å². The predicted molar refractivity (Wildman–Crippen MR) is 118 cm³/mol. The molecule has 0 bridgehead atoms. The molecule has 1 aromatic heterocycles. The first-order valence-corrected chi connectivity index (χ1v) is 11.8. The summed E-state index contributed by atoms with van der Waals surface area (Å²) in [4.78, 5) is 6.68. The van der Waals surface area contributed by atoms with E-state index in [0.717, 1.165) is 37.7 Å². The predicted octanol–water partition coefficient (Wildman–Crippen LogP) is 5.00. The summed E-state index contributed by atoms with van der Waals surface area (Å²) >= 11 is 1.33. The number of hydrogen-bond acceptors (Lipinski definition) is 7. The largest absolute Gasteiger partial charge is 0.493 e. The van der Waals surface area contributed by atoms with Crippen LogP contribution in [0.1, 0.15) is 50.3 Å². The third-order valence-corrected chi connectivity index (χ3v) is 6.34. The summed E-state index contributed by atoms with van der Waals surface area (Å²) in [6.45, 7) is 4.39. The van der Waals surface area contributed by atoms with Crippen molar-refractivity contribution in [1.82, 2.24) is 9.88 Å². The topological polar surface area (TPSA) is 77.9 Å². The number of nitrogens with one attached hydrogen (secondary N) is 1. The molecule has 1 aliphatic rings. The van der Waals surface area contributed by atoms with Gasteiger partial charge >= 0.3 is 6.18 Å². The van der Waals surface area contributed by atoms with Crippen LogP contribution in [0.5, 0.6) is 5.75 Å². The fourth-order valence-electron chi connectivity index (χ4n) is 3.69. The standard InChI is InChI=1S/C22H30F3N3O3S/c1-2-3-4-11-31-19-6-5-16(12-18(19)22(23,24)25)26-21-27-17(14-32-21)13-28-9-7-15(8-10-28)20(29)30/h5-6,12,14-15,20,29-30H,2-4,7-11,13H2,1H3,(H,26,27). The summed E-state index contributed by atoms with van der Waals surface area (Å²) in [6, 6.07) is 3.98. The molecule has 0 atom stereocenters. The lowest BCUT2D eigenvalue weighted by Gasteiger charge is -2.32. The van der Waals surface area contributed by atoms with Gasteiger partial charge in [-0.25, -0.2) is 4.98 Å². The van der Waals surface area contributed by atoms with E-state index in [1.165, 1.54) is 17.4 Å². The number of piperidine rings is 1. The minimum Gasteiger partial charge on any atom is -0.493 e. The highest BCUT2D eigenvalue weighted by atomic mass is 32.1. The number of halogens is 3. The van der Waals surface area contributed by atoms with E-state index in [0.29, 0.717) is 36.6 Å². The van der Waals surface area contributed by atoms with Crippen LogP contribution in [0.4, 0.5) is 24.0 Å². The van der Waals surface area contributed by atoms with Crippen LogP contribution in [0.3, 0.4) is 0 Å². The van der Waals surface area contributed by atoms with Crippen LogP contribution >= 0.6 is 11.3 Å². The summed E-state index contributed by atoms with van der Waals surface area (Å²) in [5.74, 6) is -0.254. The third-order valence-electron chi connectivity index (χ3n) is 5.53. The number of benzene rings is 1. The van der Waals surface area contributed by atoms with Crippen LogP contribution in [-0.4, -0.2) is 46.1 Å². The van der Waals surface area contributed by atoms with Gasteiger partial charge in [0.15, 0.2) is 11.4 Å². The number of alkyl halides is 3. The molecule has 1 saturated heterocycles. The number of rotatable bonds is 10. The fourth-order valence-corrected chi connectivity index (χ4v) is 4.41. The summed E-state index contributed by atoms with van der Waals surface area (Å²) in [7, 11) is 0. The molecule has 3 rings (SSSR count). The molecular weight excluding hydrogens is 443 g/mol. The maximum Gasteiger partial charge on any atom is 0.420 e. The Labute approximate surface area is 190 Å². The molecule has 0 unspecified atom stereocenters. The first kappa shape index (κ1) is 24.8. The van der Waals surface area contributed by atoms with E-state index in [2.05, 4.69) is 15.2 Å². The molecule has 0 amide bonds. The van der Waals surface area contributed by atoms with Crippen LogP contribution in [0.25, 0.3) is 0 Å². The van der Waals surface area contributed by atoms with E-state index >= 15 is 0 Å². The Bertz CT molecular complexity index is 852. The molecule has 178 valence electrons. The van der Waals surface area contributed by atoms with Crippen molar-refractivity contribution in [2.75, 3.05) is 25.0 Å². The Morgan fingerprint density at radius 1 is 1.25 bits per heavy atom. The van der Waals surface area contributed by atoms with Gasteiger partial charge in [0.05, 0.1) is 17.9 Å². The lowest BCUT2D eigenvalue weighted by Crippen LogP contribution is -2.37. The van der Waals surface area contributed by atoms with Crippen LogP contribution < -0.4 is 10.1 Å². The minimum atomic E-state index is -4.51. The maximum absolute atomic E-state index is 13.5. The highest BCUT2D eigenvalue weighted by Gasteiger charge is 2.35. The number of aliphatic hydroxyl groups is 2. The van der Waals surface area contributed by atoms with Gasteiger partial charge in [-0.1, -0.05) is 19.8 Å². The van der Waals surface area contributed by atoms with E-state index < -0.39 is 18.0 Å². The second-order valence-electron chi connectivity index (χ2n) is 8.06. The molecule has 0 spiro atoms. The molecule has 32 heavy (non-hydrogen) atoms. The van der Waals surface area contributed by atoms with Gasteiger partial charge in [-0.05, 0) is 50.6 Å². The first-order chi connectivity index (χ1) is 15.3. The van der Waals surface area contributed by atoms with E-state index in [9.17, 15) is 23.4 Å². The fraction of sp³-hybridized carbons (Fsp3) is 0.591. The van der Waals surface area contributed by atoms with Gasteiger partial charge in [0, 0.05) is 23.5 Å². The summed E-state index contributed by atoms with van der Waals surface area (Å²) < 4.78 is 46.0. The minimum absolute atomic E-state index is 0.0969. The van der Waals surface area contributed by atoms with Gasteiger partial charge in [-0.15, -0.1) is 11.3 Å².